The van der Waals surface area contributed by atoms with Gasteiger partial charge >= 0.3 is 0 Å². The summed E-state index contributed by atoms with van der Waals surface area (Å²) >= 11 is 0. The lowest BCUT2D eigenvalue weighted by Gasteiger charge is -2.10. The van der Waals surface area contributed by atoms with Gasteiger partial charge in [0.15, 0.2) is 17.4 Å². The second-order valence-electron chi connectivity index (χ2n) is 6.54. The van der Waals surface area contributed by atoms with Crippen LogP contribution in [-0.2, 0) is 13.1 Å². The van der Waals surface area contributed by atoms with Crippen molar-refractivity contribution in [3.05, 3.63) is 72.4 Å². The van der Waals surface area contributed by atoms with Crippen LogP contribution >= 0.6 is 0 Å². The Morgan fingerprint density at radius 1 is 1.03 bits per heavy atom. The van der Waals surface area contributed by atoms with Crippen molar-refractivity contribution in [3.63, 3.8) is 0 Å². The van der Waals surface area contributed by atoms with Crippen molar-refractivity contribution in [2.75, 3.05) is 13.7 Å². The Kier molecular flexibility index (Phi) is 5.88. The maximum absolute atomic E-state index is 5.20. The minimum absolute atomic E-state index is 0.457. The average molecular weight is 404 g/mol. The van der Waals surface area contributed by atoms with Gasteiger partial charge in [0, 0.05) is 18.9 Å². The first-order valence-corrected chi connectivity index (χ1v) is 9.76. The first-order chi connectivity index (χ1) is 14.8. The van der Waals surface area contributed by atoms with Crippen LogP contribution in [0.5, 0.6) is 5.75 Å². The first-order valence-electron chi connectivity index (χ1n) is 9.76. The molecular weight excluding hydrogens is 380 g/mol. The highest BCUT2D eigenvalue weighted by Crippen LogP contribution is 2.14. The molecule has 0 radical (unpaired) electrons. The summed E-state index contributed by atoms with van der Waals surface area (Å²) < 4.78 is 8.98. The molecule has 1 aromatic carbocycles. The Bertz CT molecular complexity index is 1130. The molecule has 0 fully saturated rings. The number of benzene rings is 1. The van der Waals surface area contributed by atoms with Gasteiger partial charge in [-0.25, -0.2) is 9.67 Å². The summed E-state index contributed by atoms with van der Waals surface area (Å²) in [5.74, 6) is 2.33. The van der Waals surface area contributed by atoms with Gasteiger partial charge in [-0.1, -0.05) is 6.07 Å². The molecule has 2 N–H and O–H groups in total. The number of hydrogen-bond acceptors (Lipinski definition) is 5. The Hall–Kier alpha value is -3.88. The van der Waals surface area contributed by atoms with Crippen LogP contribution in [0, 0.1) is 0 Å². The molecule has 4 rings (SSSR count). The van der Waals surface area contributed by atoms with Crippen LogP contribution in [0.25, 0.3) is 11.3 Å². The number of guanidine groups is 1. The zero-order valence-electron chi connectivity index (χ0n) is 17.0. The Balaban J connectivity index is 1.42. The molecule has 3 heterocycles. The van der Waals surface area contributed by atoms with Crippen LogP contribution < -0.4 is 15.4 Å². The third-order valence-corrected chi connectivity index (χ3v) is 4.52. The van der Waals surface area contributed by atoms with Crippen LogP contribution in [0.4, 0.5) is 0 Å². The van der Waals surface area contributed by atoms with Crippen molar-refractivity contribution in [2.45, 2.75) is 20.0 Å². The van der Waals surface area contributed by atoms with Gasteiger partial charge in [0.2, 0.25) is 0 Å². The maximum atomic E-state index is 5.20. The van der Waals surface area contributed by atoms with Crippen molar-refractivity contribution in [1.29, 1.82) is 0 Å². The molecule has 3 aromatic heterocycles. The fourth-order valence-electron chi connectivity index (χ4n) is 3.00. The van der Waals surface area contributed by atoms with Crippen molar-refractivity contribution in [1.82, 2.24) is 35.0 Å². The Morgan fingerprint density at radius 2 is 1.90 bits per heavy atom. The number of fused-ring (bicyclic) bond motifs is 1. The van der Waals surface area contributed by atoms with E-state index in [-0.39, 0.29) is 0 Å². The molecule has 0 spiro atoms. The van der Waals surface area contributed by atoms with Crippen molar-refractivity contribution < 1.29 is 4.74 Å². The minimum Gasteiger partial charge on any atom is -0.497 e. The van der Waals surface area contributed by atoms with E-state index in [0.29, 0.717) is 19.0 Å². The molecule has 0 atom stereocenters. The summed E-state index contributed by atoms with van der Waals surface area (Å²) in [4.78, 5) is 4.64. The van der Waals surface area contributed by atoms with Crippen LogP contribution in [0.3, 0.4) is 0 Å². The predicted octanol–water partition coefficient (Wildman–Crippen LogP) is 2.18. The van der Waals surface area contributed by atoms with E-state index in [1.165, 1.54) is 0 Å². The number of aliphatic imine (C=N–C) groups is 1. The molecule has 0 amide bonds. The minimum atomic E-state index is 0.457. The second-order valence-corrected chi connectivity index (χ2v) is 6.54. The SMILES string of the molecule is CCNC(=NCc1ccn(-c2ccc(OC)cc2)n1)NCc1nnc2ccccn12. The molecule has 0 aliphatic rings. The van der Waals surface area contributed by atoms with E-state index in [1.54, 1.807) is 7.11 Å². The van der Waals surface area contributed by atoms with Crippen molar-refractivity contribution >= 4 is 11.6 Å². The summed E-state index contributed by atoms with van der Waals surface area (Å²) in [5, 5.41) is 19.6. The van der Waals surface area contributed by atoms with E-state index in [1.807, 2.05) is 76.9 Å². The lowest BCUT2D eigenvalue weighted by molar-refractivity contribution is 0.414. The van der Waals surface area contributed by atoms with Crippen LogP contribution in [0.2, 0.25) is 0 Å². The lowest BCUT2D eigenvalue weighted by atomic mass is 10.3. The van der Waals surface area contributed by atoms with E-state index in [0.717, 1.165) is 35.1 Å². The number of nitrogens with one attached hydrogen (secondary N) is 2. The van der Waals surface area contributed by atoms with E-state index in [4.69, 9.17) is 4.74 Å². The fraction of sp³-hybridized carbons (Fsp3) is 0.238. The molecule has 154 valence electrons. The van der Waals surface area contributed by atoms with E-state index in [9.17, 15) is 0 Å². The van der Waals surface area contributed by atoms with E-state index >= 15 is 0 Å². The highest BCUT2D eigenvalue weighted by atomic mass is 16.5. The average Bonchev–Trinajstić information content (AvgIpc) is 3.43. The summed E-state index contributed by atoms with van der Waals surface area (Å²) in [6, 6.07) is 15.5. The topological polar surface area (TPSA) is 93.7 Å². The number of nitrogens with zero attached hydrogens (tertiary/aromatic N) is 6. The predicted molar refractivity (Wildman–Crippen MR) is 115 cm³/mol. The van der Waals surface area contributed by atoms with Crippen LogP contribution in [0.15, 0.2) is 65.9 Å². The van der Waals surface area contributed by atoms with E-state index in [2.05, 4.69) is 30.9 Å². The molecule has 0 saturated heterocycles. The third kappa shape index (κ3) is 4.40. The molecule has 0 aliphatic heterocycles. The number of methoxy groups -OCH3 is 1. The molecule has 0 aliphatic carbocycles. The molecule has 9 nitrogen and oxygen atoms in total. The second kappa shape index (κ2) is 9.08. The van der Waals surface area contributed by atoms with Gasteiger partial charge in [-0.2, -0.15) is 5.10 Å². The monoisotopic (exact) mass is 404 g/mol. The van der Waals surface area contributed by atoms with Crippen molar-refractivity contribution in [3.8, 4) is 11.4 Å². The number of hydrogen-bond donors (Lipinski definition) is 2. The first kappa shape index (κ1) is 19.4. The molecule has 0 bridgehead atoms. The van der Waals surface area contributed by atoms with E-state index < -0.39 is 0 Å². The zero-order valence-corrected chi connectivity index (χ0v) is 17.0. The standard InChI is InChI=1S/C21H24N8O/c1-3-22-21(24-15-20-26-25-19-6-4-5-12-28(19)20)23-14-16-11-13-29(27-16)17-7-9-18(30-2)10-8-17/h4-13H,3,14-15H2,1-2H3,(H2,22,23,24). The van der Waals surface area contributed by atoms with Gasteiger partial charge in [0.05, 0.1) is 31.6 Å². The Labute approximate surface area is 174 Å². The van der Waals surface area contributed by atoms with Gasteiger partial charge in [-0.3, -0.25) is 4.40 Å². The molecular formula is C21H24N8O. The molecule has 0 unspecified atom stereocenters. The van der Waals surface area contributed by atoms with Crippen molar-refractivity contribution in [2.24, 2.45) is 4.99 Å². The number of ether oxygens (including phenoxy) is 1. The zero-order chi connectivity index (χ0) is 20.8. The number of rotatable bonds is 7. The summed E-state index contributed by atoms with van der Waals surface area (Å²) in [6.45, 7) is 3.76. The highest BCUT2D eigenvalue weighted by molar-refractivity contribution is 5.79. The van der Waals surface area contributed by atoms with Crippen LogP contribution in [0.1, 0.15) is 18.4 Å². The highest BCUT2D eigenvalue weighted by Gasteiger charge is 2.06. The van der Waals surface area contributed by atoms with Gasteiger partial charge in [0.25, 0.3) is 0 Å². The van der Waals surface area contributed by atoms with Gasteiger partial charge < -0.3 is 15.4 Å². The lowest BCUT2D eigenvalue weighted by Crippen LogP contribution is -2.37. The Morgan fingerprint density at radius 3 is 2.70 bits per heavy atom. The smallest absolute Gasteiger partial charge is 0.192 e. The third-order valence-electron chi connectivity index (χ3n) is 4.52. The summed E-state index contributed by atoms with van der Waals surface area (Å²) in [7, 11) is 1.65. The number of aromatic nitrogens is 5. The fourth-order valence-corrected chi connectivity index (χ4v) is 3.00. The molecule has 4 aromatic rings. The molecule has 30 heavy (non-hydrogen) atoms. The molecule has 9 heteroatoms. The van der Waals surface area contributed by atoms with Gasteiger partial charge in [0.1, 0.15) is 5.75 Å². The quantitative estimate of drug-likeness (QED) is 0.362. The van der Waals surface area contributed by atoms with Gasteiger partial charge in [-0.15, -0.1) is 10.2 Å². The summed E-state index contributed by atoms with van der Waals surface area (Å²) in [6.07, 6.45) is 3.87. The number of pyridine rings is 1. The largest absolute Gasteiger partial charge is 0.497 e. The van der Waals surface area contributed by atoms with Crippen LogP contribution in [-0.4, -0.2) is 44.0 Å². The normalized spacial score (nSPS) is 11.6. The maximum Gasteiger partial charge on any atom is 0.192 e. The summed E-state index contributed by atoms with van der Waals surface area (Å²) in [5.41, 5.74) is 2.66. The van der Waals surface area contributed by atoms with Gasteiger partial charge in [-0.05, 0) is 49.4 Å². The molecule has 0 saturated carbocycles.